The fraction of sp³-hybridized carbons (Fsp3) is 0.350. The normalized spacial score (nSPS) is 15.1. The van der Waals surface area contributed by atoms with Crippen molar-refractivity contribution in [3.05, 3.63) is 47.7 Å². The van der Waals surface area contributed by atoms with E-state index in [-0.39, 0.29) is 5.69 Å². The first kappa shape index (κ1) is 18.6. The number of hydrogen-bond acceptors (Lipinski definition) is 7. The largest absolute Gasteiger partial charge is 0.478 e. The molecule has 0 bridgehead atoms. The monoisotopic (exact) mass is 397 g/mol. The van der Waals surface area contributed by atoms with Crippen molar-refractivity contribution >= 4 is 33.0 Å². The van der Waals surface area contributed by atoms with Crippen molar-refractivity contribution in [2.75, 3.05) is 44.2 Å². The number of nitrogens with zero attached hydrogens (tertiary/aromatic N) is 4. The third-order valence-corrected chi connectivity index (χ3v) is 5.83. The number of fused-ring (bicyclic) bond motifs is 1. The van der Waals surface area contributed by atoms with Gasteiger partial charge in [-0.2, -0.15) is 0 Å². The second kappa shape index (κ2) is 8.53. The zero-order valence-corrected chi connectivity index (χ0v) is 16.4. The zero-order valence-electron chi connectivity index (χ0n) is 15.6. The van der Waals surface area contributed by atoms with Gasteiger partial charge in [0, 0.05) is 54.6 Å². The van der Waals surface area contributed by atoms with Crippen LogP contribution in [0, 0.1) is 0 Å². The van der Waals surface area contributed by atoms with Crippen molar-refractivity contribution in [1.29, 1.82) is 0 Å². The Balaban J connectivity index is 1.22. The first-order valence-electron chi connectivity index (χ1n) is 9.39. The van der Waals surface area contributed by atoms with Crippen LogP contribution in [0.15, 0.2) is 42.0 Å². The summed E-state index contributed by atoms with van der Waals surface area (Å²) in [5, 5.41) is 3.52. The molecule has 0 saturated carbocycles. The number of piperazine rings is 1. The lowest BCUT2D eigenvalue weighted by Crippen LogP contribution is -2.46. The molecule has 28 heavy (non-hydrogen) atoms. The van der Waals surface area contributed by atoms with E-state index in [2.05, 4.69) is 49.4 Å². The number of anilines is 1. The summed E-state index contributed by atoms with van der Waals surface area (Å²) in [6.07, 6.45) is 2.19. The van der Waals surface area contributed by atoms with Crippen molar-refractivity contribution in [1.82, 2.24) is 14.9 Å². The van der Waals surface area contributed by atoms with E-state index >= 15 is 0 Å². The number of thiophene rings is 1. The number of aromatic nitrogens is 2. The topological polar surface area (TPSA) is 84.6 Å². The van der Waals surface area contributed by atoms with E-state index in [0.29, 0.717) is 12.5 Å². The Hall–Kier alpha value is -2.71. The average Bonchev–Trinajstić information content (AvgIpc) is 3.21. The molecule has 0 unspecified atom stereocenters. The molecule has 3 heterocycles. The van der Waals surface area contributed by atoms with Crippen molar-refractivity contribution < 1.29 is 9.53 Å². The van der Waals surface area contributed by atoms with Gasteiger partial charge in [-0.15, -0.1) is 11.3 Å². The minimum absolute atomic E-state index is 0.168. The highest BCUT2D eigenvalue weighted by Crippen LogP contribution is 2.31. The third-order valence-electron chi connectivity index (χ3n) is 4.95. The van der Waals surface area contributed by atoms with Crippen LogP contribution in [-0.4, -0.2) is 60.1 Å². The molecule has 1 aromatic carbocycles. The predicted molar refractivity (Wildman–Crippen MR) is 111 cm³/mol. The quantitative estimate of drug-likeness (QED) is 0.616. The molecule has 3 aromatic rings. The number of carbonyl (C=O) groups is 1. The lowest BCUT2D eigenvalue weighted by atomic mass is 10.2. The molecule has 1 saturated heterocycles. The molecule has 2 aromatic heterocycles. The molecule has 0 atom stereocenters. The number of nitrogens with two attached hydrogens (primary N) is 1. The van der Waals surface area contributed by atoms with Gasteiger partial charge in [0.15, 0.2) is 0 Å². The molecule has 1 aliphatic rings. The van der Waals surface area contributed by atoms with Crippen molar-refractivity contribution in [2.45, 2.75) is 6.42 Å². The highest BCUT2D eigenvalue weighted by Gasteiger charge is 2.18. The van der Waals surface area contributed by atoms with Crippen LogP contribution in [0.4, 0.5) is 5.69 Å². The van der Waals surface area contributed by atoms with Gasteiger partial charge in [-0.1, -0.05) is 6.07 Å². The van der Waals surface area contributed by atoms with Crippen LogP contribution in [0.1, 0.15) is 16.9 Å². The maximum atomic E-state index is 11.1. The summed E-state index contributed by atoms with van der Waals surface area (Å²) in [4.78, 5) is 23.9. The van der Waals surface area contributed by atoms with Crippen LogP contribution in [0.2, 0.25) is 0 Å². The number of ether oxygens (including phenoxy) is 1. The lowest BCUT2D eigenvalue weighted by molar-refractivity contribution is 0.0994. The molecule has 4 rings (SSSR count). The molecule has 0 radical (unpaired) electrons. The molecule has 7 nitrogen and oxygen atoms in total. The van der Waals surface area contributed by atoms with Crippen LogP contribution in [0.5, 0.6) is 5.88 Å². The summed E-state index contributed by atoms with van der Waals surface area (Å²) in [7, 11) is 0. The van der Waals surface area contributed by atoms with Gasteiger partial charge in [0.1, 0.15) is 12.0 Å². The maximum Gasteiger partial charge on any atom is 0.267 e. The predicted octanol–water partition coefficient (Wildman–Crippen LogP) is 2.38. The number of benzene rings is 1. The Morgan fingerprint density at radius 1 is 1.18 bits per heavy atom. The van der Waals surface area contributed by atoms with Crippen molar-refractivity contribution in [3.63, 3.8) is 0 Å². The van der Waals surface area contributed by atoms with Gasteiger partial charge >= 0.3 is 0 Å². The molecule has 2 N–H and O–H groups in total. The molecule has 0 spiro atoms. The molecule has 0 aliphatic carbocycles. The van der Waals surface area contributed by atoms with Gasteiger partial charge in [-0.05, 0) is 30.0 Å². The van der Waals surface area contributed by atoms with E-state index in [1.54, 1.807) is 11.3 Å². The minimum Gasteiger partial charge on any atom is -0.478 e. The van der Waals surface area contributed by atoms with Gasteiger partial charge in [0.05, 0.1) is 6.61 Å². The van der Waals surface area contributed by atoms with Crippen molar-refractivity contribution in [2.24, 2.45) is 5.73 Å². The molecule has 1 aliphatic heterocycles. The first-order chi connectivity index (χ1) is 13.7. The Kier molecular flexibility index (Phi) is 5.68. The van der Waals surface area contributed by atoms with Crippen molar-refractivity contribution in [3.8, 4) is 5.88 Å². The van der Waals surface area contributed by atoms with Gasteiger partial charge in [0.25, 0.3) is 5.91 Å². The fourth-order valence-corrected chi connectivity index (χ4v) is 4.29. The highest BCUT2D eigenvalue weighted by atomic mass is 32.1. The zero-order chi connectivity index (χ0) is 19.3. The number of amides is 1. The molecule has 8 heteroatoms. The maximum absolute atomic E-state index is 11.1. The second-order valence-corrected chi connectivity index (χ2v) is 7.69. The van der Waals surface area contributed by atoms with Crippen LogP contribution < -0.4 is 15.4 Å². The van der Waals surface area contributed by atoms with Crippen LogP contribution in [0.3, 0.4) is 0 Å². The SMILES string of the molecule is NC(=O)c1cc(OCCCN2CCN(c3cccc4sccc34)CC2)ncn1. The summed E-state index contributed by atoms with van der Waals surface area (Å²) in [6, 6.07) is 10.3. The molecule has 146 valence electrons. The van der Waals surface area contributed by atoms with E-state index in [4.69, 9.17) is 10.5 Å². The van der Waals surface area contributed by atoms with E-state index < -0.39 is 5.91 Å². The summed E-state index contributed by atoms with van der Waals surface area (Å²) in [5.74, 6) is -0.194. The highest BCUT2D eigenvalue weighted by molar-refractivity contribution is 7.17. The van der Waals surface area contributed by atoms with E-state index in [1.807, 2.05) is 0 Å². The minimum atomic E-state index is -0.580. The summed E-state index contributed by atoms with van der Waals surface area (Å²) in [6.45, 7) is 5.67. The Labute approximate surface area is 167 Å². The van der Waals surface area contributed by atoms with Crippen LogP contribution >= 0.6 is 11.3 Å². The number of carbonyl (C=O) groups excluding carboxylic acids is 1. The molecule has 1 amide bonds. The lowest BCUT2D eigenvalue weighted by Gasteiger charge is -2.36. The standard InChI is InChI=1S/C20H23N5O2S/c21-20(26)16-13-19(23-14-22-16)27-11-2-6-24-7-9-25(10-8-24)17-3-1-4-18-15(17)5-12-28-18/h1,3-5,12-14H,2,6-11H2,(H2,21,26). The van der Waals surface area contributed by atoms with Crippen LogP contribution in [-0.2, 0) is 0 Å². The molecule has 1 fully saturated rings. The second-order valence-electron chi connectivity index (χ2n) is 6.75. The summed E-state index contributed by atoms with van der Waals surface area (Å²) < 4.78 is 6.97. The third kappa shape index (κ3) is 4.23. The van der Waals surface area contributed by atoms with E-state index in [1.165, 1.54) is 28.2 Å². The van der Waals surface area contributed by atoms with Gasteiger partial charge in [-0.25, -0.2) is 9.97 Å². The van der Waals surface area contributed by atoms with Crippen LogP contribution in [0.25, 0.3) is 10.1 Å². The molecular formula is C20H23N5O2S. The fourth-order valence-electron chi connectivity index (χ4n) is 3.48. The number of rotatable bonds is 7. The smallest absolute Gasteiger partial charge is 0.267 e. The Bertz CT molecular complexity index is 952. The van der Waals surface area contributed by atoms with Gasteiger partial charge in [0.2, 0.25) is 5.88 Å². The van der Waals surface area contributed by atoms with Gasteiger partial charge in [-0.3, -0.25) is 9.69 Å². The Morgan fingerprint density at radius 2 is 2.04 bits per heavy atom. The first-order valence-corrected chi connectivity index (χ1v) is 10.3. The van der Waals surface area contributed by atoms with Gasteiger partial charge < -0.3 is 15.4 Å². The average molecular weight is 398 g/mol. The number of hydrogen-bond donors (Lipinski definition) is 1. The summed E-state index contributed by atoms with van der Waals surface area (Å²) in [5.41, 5.74) is 6.73. The Morgan fingerprint density at radius 3 is 2.86 bits per heavy atom. The number of primary amides is 1. The van der Waals surface area contributed by atoms with E-state index in [9.17, 15) is 4.79 Å². The molecular weight excluding hydrogens is 374 g/mol. The van der Waals surface area contributed by atoms with E-state index in [0.717, 1.165) is 39.1 Å². The summed E-state index contributed by atoms with van der Waals surface area (Å²) >= 11 is 1.79.